The molecule has 2 amide bonds. The van der Waals surface area contributed by atoms with E-state index in [1.165, 1.54) is 11.8 Å². The molecule has 39 heavy (non-hydrogen) atoms. The van der Waals surface area contributed by atoms with E-state index in [1.807, 2.05) is 0 Å². The van der Waals surface area contributed by atoms with Crippen LogP contribution in [-0.2, 0) is 30.1 Å². The summed E-state index contributed by atoms with van der Waals surface area (Å²) < 4.78 is 17.6. The minimum atomic E-state index is -4.13. The maximum Gasteiger partial charge on any atom is 0.352 e. The molecule has 15 nitrogen and oxygen atoms in total. The van der Waals surface area contributed by atoms with Gasteiger partial charge < -0.3 is 30.7 Å². The number of thioether (sulfide) groups is 2. The molecule has 1 aromatic heterocycles. The van der Waals surface area contributed by atoms with E-state index in [-0.39, 0.29) is 35.4 Å². The zero-order valence-electron chi connectivity index (χ0n) is 20.5. The smallest absolute Gasteiger partial charge is 0.352 e. The van der Waals surface area contributed by atoms with Crippen LogP contribution in [-0.4, -0.2) is 93.6 Å². The third-order valence-corrected chi connectivity index (χ3v) is 10.2. The van der Waals surface area contributed by atoms with E-state index in [4.69, 9.17) is 10.3 Å². The highest BCUT2D eigenvalue weighted by molar-refractivity contribution is 8.01. The first-order valence-electron chi connectivity index (χ1n) is 11.6. The van der Waals surface area contributed by atoms with Crippen LogP contribution in [0.5, 0.6) is 0 Å². The van der Waals surface area contributed by atoms with Crippen molar-refractivity contribution in [1.82, 2.24) is 30.8 Å². The molecule has 2 aliphatic heterocycles. The van der Waals surface area contributed by atoms with Gasteiger partial charge in [-0.15, -0.1) is 16.9 Å². The van der Waals surface area contributed by atoms with E-state index >= 15 is 0 Å². The van der Waals surface area contributed by atoms with Gasteiger partial charge in [0.15, 0.2) is 0 Å². The lowest BCUT2D eigenvalue weighted by Crippen LogP contribution is -2.71. The van der Waals surface area contributed by atoms with Crippen LogP contribution in [0.2, 0.25) is 0 Å². The van der Waals surface area contributed by atoms with Crippen molar-refractivity contribution < 1.29 is 38.6 Å². The molecule has 3 heterocycles. The van der Waals surface area contributed by atoms with Crippen molar-refractivity contribution in [1.29, 1.82) is 0 Å². The molecule has 18 heteroatoms. The number of aromatic nitrogens is 4. The Labute approximate surface area is 230 Å². The van der Waals surface area contributed by atoms with Crippen molar-refractivity contribution in [3.05, 3.63) is 46.7 Å². The van der Waals surface area contributed by atoms with E-state index in [0.717, 1.165) is 16.7 Å². The van der Waals surface area contributed by atoms with E-state index in [0.29, 0.717) is 11.1 Å². The zero-order chi connectivity index (χ0) is 28.3. The molecule has 0 aliphatic carbocycles. The van der Waals surface area contributed by atoms with Crippen LogP contribution in [0.1, 0.15) is 24.1 Å². The number of nitrogens with zero attached hydrogens (tertiary/aromatic N) is 4. The van der Waals surface area contributed by atoms with Crippen LogP contribution in [0.3, 0.4) is 0 Å². The largest absolute Gasteiger partial charge is 0.477 e. The minimum Gasteiger partial charge on any atom is -0.477 e. The van der Waals surface area contributed by atoms with Crippen molar-refractivity contribution >= 4 is 48.9 Å². The summed E-state index contributed by atoms with van der Waals surface area (Å²) in [6, 6.07) is 4.34. The fourth-order valence-corrected chi connectivity index (χ4v) is 8.46. The van der Waals surface area contributed by atoms with Crippen LogP contribution < -0.4 is 11.1 Å². The molecule has 0 bridgehead atoms. The average molecular weight is 600 g/mol. The molecular weight excluding hydrogens is 573 g/mol. The number of H-pyrrole nitrogens is 1. The number of nitrogens with two attached hydrogens (primary N) is 1. The van der Waals surface area contributed by atoms with Gasteiger partial charge in [-0.3, -0.25) is 19.1 Å². The quantitative estimate of drug-likeness (QED) is 0.105. The number of carboxylic acids is 1. The molecule has 7 N–H and O–H groups in total. The Balaban J connectivity index is 1.55. The van der Waals surface area contributed by atoms with Crippen molar-refractivity contribution in [3.63, 3.8) is 0 Å². The Morgan fingerprint density at radius 3 is 2.69 bits per heavy atom. The number of aliphatic hydroxyl groups is 1. The van der Waals surface area contributed by atoms with E-state index in [9.17, 15) is 34.1 Å². The van der Waals surface area contributed by atoms with Gasteiger partial charge in [0, 0.05) is 11.0 Å². The number of fused-ring (bicyclic) bond motifs is 1. The van der Waals surface area contributed by atoms with Crippen molar-refractivity contribution in [2.75, 3.05) is 18.5 Å². The van der Waals surface area contributed by atoms with E-state index in [2.05, 4.69) is 25.9 Å². The first-order valence-corrected chi connectivity index (χ1v) is 15.3. The molecule has 2 aromatic rings. The summed E-state index contributed by atoms with van der Waals surface area (Å²) in [5, 5.41) is 33.6. The number of carbonyl (C=O) groups excluding carboxylic acids is 2. The standard InChI is InChI=1S/C21H26N7O8PS2/c1-2-36-37(34,35)8-13(39-21-24-26-27-25-21)12-9-38-19-15(18(31)28(19)16(12)20(32)33)23-17(30)14(22)11-5-3-10(7-29)4-6-11/h3-6,13-15,19,29H,2,7-9,22H2,1H3,(H,23,30)(H,32,33)(H,34,35)(H,24,25,26,27)/t13?,14?,15-,19+/m1/s1. The number of rotatable bonds is 12. The molecule has 0 saturated carbocycles. The van der Waals surface area contributed by atoms with Crippen molar-refractivity contribution in [3.8, 4) is 0 Å². The second kappa shape index (κ2) is 12.2. The lowest BCUT2D eigenvalue weighted by atomic mass is 10.00. The number of nitrogens with one attached hydrogen (secondary N) is 2. The molecule has 4 rings (SSSR count). The summed E-state index contributed by atoms with van der Waals surface area (Å²) in [7, 11) is -4.13. The first kappa shape index (κ1) is 29.2. The van der Waals surface area contributed by atoms with Crippen LogP contribution in [0.15, 0.2) is 40.7 Å². The predicted molar refractivity (Wildman–Crippen MR) is 139 cm³/mol. The van der Waals surface area contributed by atoms with Gasteiger partial charge in [0.1, 0.15) is 23.2 Å². The predicted octanol–water partition coefficient (Wildman–Crippen LogP) is -0.187. The third-order valence-electron chi connectivity index (χ3n) is 6.00. The molecule has 3 unspecified atom stereocenters. The Hall–Kier alpha value is -2.79. The normalized spacial score (nSPS) is 21.9. The monoisotopic (exact) mass is 599 g/mol. The Bertz CT molecular complexity index is 1310. The molecule has 1 aromatic carbocycles. The van der Waals surface area contributed by atoms with Crippen LogP contribution >= 0.6 is 31.1 Å². The fraction of sp³-hybridized carbons (Fsp3) is 0.429. The second-order valence-corrected chi connectivity index (χ2v) is 12.7. The molecule has 2 aliphatic rings. The number of carboxylic acid groups (broad SMARTS) is 1. The Morgan fingerprint density at radius 2 is 2.10 bits per heavy atom. The number of aromatic amines is 1. The van der Waals surface area contributed by atoms with Gasteiger partial charge in [-0.2, -0.15) is 0 Å². The SMILES string of the molecule is CCOP(=O)(O)CC(Sc1nnn[nH]1)C1=C(C(=O)O)N2C(=O)[C@@H](NC(=O)C(N)c3ccc(CO)cc3)[C@@H]2SC1. The number of aliphatic hydroxyl groups excluding tert-OH is 1. The summed E-state index contributed by atoms with van der Waals surface area (Å²) >= 11 is 2.14. The summed E-state index contributed by atoms with van der Waals surface area (Å²) in [5.41, 5.74) is 7.07. The number of amides is 2. The van der Waals surface area contributed by atoms with Crippen molar-refractivity contribution in [2.24, 2.45) is 5.73 Å². The molecule has 210 valence electrons. The van der Waals surface area contributed by atoms with Gasteiger partial charge in [0.2, 0.25) is 11.1 Å². The van der Waals surface area contributed by atoms with Gasteiger partial charge in [-0.25, -0.2) is 9.89 Å². The lowest BCUT2D eigenvalue weighted by molar-refractivity contribution is -0.150. The molecule has 0 radical (unpaired) electrons. The van der Waals surface area contributed by atoms with Crippen molar-refractivity contribution in [2.45, 2.75) is 41.4 Å². The Morgan fingerprint density at radius 1 is 1.38 bits per heavy atom. The number of tetrazole rings is 1. The van der Waals surface area contributed by atoms with Gasteiger partial charge >= 0.3 is 13.6 Å². The molecule has 1 fully saturated rings. The van der Waals surface area contributed by atoms with Gasteiger partial charge in [0.25, 0.3) is 5.91 Å². The summed E-state index contributed by atoms with van der Waals surface area (Å²) in [4.78, 5) is 49.7. The highest BCUT2D eigenvalue weighted by atomic mass is 32.2. The summed E-state index contributed by atoms with van der Waals surface area (Å²) in [5.74, 6) is -2.59. The fourth-order valence-electron chi connectivity index (χ4n) is 4.13. The summed E-state index contributed by atoms with van der Waals surface area (Å²) in [6.07, 6.45) is -0.449. The Kier molecular flexibility index (Phi) is 9.10. The average Bonchev–Trinajstić information content (AvgIpc) is 3.42. The maximum atomic E-state index is 13.1. The molecule has 1 saturated heterocycles. The maximum absolute atomic E-state index is 13.1. The topological polar surface area (TPSA) is 234 Å². The number of hydrogen-bond acceptors (Lipinski definition) is 12. The number of benzene rings is 1. The highest BCUT2D eigenvalue weighted by Gasteiger charge is 2.55. The summed E-state index contributed by atoms with van der Waals surface area (Å²) in [6.45, 7) is 1.36. The first-order chi connectivity index (χ1) is 18.6. The minimum absolute atomic E-state index is 0.0314. The number of hydrogen-bond donors (Lipinski definition) is 6. The van der Waals surface area contributed by atoms with Gasteiger partial charge in [-0.1, -0.05) is 36.0 Å². The second-order valence-electron chi connectivity index (χ2n) is 8.50. The third kappa shape index (κ3) is 6.35. The molecule has 5 atom stereocenters. The zero-order valence-corrected chi connectivity index (χ0v) is 23.0. The van der Waals surface area contributed by atoms with Crippen LogP contribution in [0.25, 0.3) is 0 Å². The van der Waals surface area contributed by atoms with Gasteiger partial charge in [0.05, 0.1) is 19.4 Å². The van der Waals surface area contributed by atoms with Crippen LogP contribution in [0, 0.1) is 0 Å². The lowest BCUT2D eigenvalue weighted by Gasteiger charge is -2.50. The molecular formula is C21H26N7O8PS2. The number of carbonyl (C=O) groups is 3. The molecule has 0 spiro atoms. The van der Waals surface area contributed by atoms with E-state index < -0.39 is 54.2 Å². The number of aliphatic carboxylic acids is 1. The highest BCUT2D eigenvalue weighted by Crippen LogP contribution is 2.50. The number of β-lactam (4-membered cyclic amide) rings is 1. The van der Waals surface area contributed by atoms with Crippen LogP contribution in [0.4, 0.5) is 0 Å². The van der Waals surface area contributed by atoms with E-state index in [1.54, 1.807) is 31.2 Å². The van der Waals surface area contributed by atoms with Gasteiger partial charge in [-0.05, 0) is 34.1 Å².